The maximum atomic E-state index is 13.3. The molecular formula is C16H24F2N2. The number of rotatable bonds is 5. The van der Waals surface area contributed by atoms with Gasteiger partial charge in [0.15, 0.2) is 11.6 Å². The van der Waals surface area contributed by atoms with E-state index in [1.807, 2.05) is 0 Å². The first-order valence-corrected chi connectivity index (χ1v) is 7.53. The Labute approximate surface area is 120 Å². The van der Waals surface area contributed by atoms with Gasteiger partial charge in [0, 0.05) is 18.6 Å². The van der Waals surface area contributed by atoms with Crippen LogP contribution in [0.5, 0.6) is 0 Å². The molecule has 1 aromatic carbocycles. The lowest BCUT2D eigenvalue weighted by Gasteiger charge is -2.39. The molecule has 1 N–H and O–H groups in total. The summed E-state index contributed by atoms with van der Waals surface area (Å²) in [5.41, 5.74) is 0.847. The Kier molecular flexibility index (Phi) is 5.49. The number of nitrogens with zero attached hydrogens (tertiary/aromatic N) is 1. The molecule has 2 rings (SSSR count). The molecule has 1 aliphatic heterocycles. The van der Waals surface area contributed by atoms with Crippen LogP contribution in [0.2, 0.25) is 0 Å². The van der Waals surface area contributed by atoms with Crippen LogP contribution in [0.25, 0.3) is 0 Å². The van der Waals surface area contributed by atoms with Crippen LogP contribution in [0.3, 0.4) is 0 Å². The van der Waals surface area contributed by atoms with Crippen molar-refractivity contribution in [3.05, 3.63) is 35.4 Å². The van der Waals surface area contributed by atoms with Gasteiger partial charge in [0.05, 0.1) is 0 Å². The molecule has 0 bridgehead atoms. The fourth-order valence-electron chi connectivity index (χ4n) is 3.11. The van der Waals surface area contributed by atoms with E-state index in [2.05, 4.69) is 24.1 Å². The van der Waals surface area contributed by atoms with Gasteiger partial charge in [0.25, 0.3) is 0 Å². The highest BCUT2D eigenvalue weighted by molar-refractivity contribution is 5.18. The standard InChI is InChI=1S/C16H24F2N2/c1-3-19-12(2)16-6-4-5-9-20(16)11-13-7-8-14(17)15(18)10-13/h7-8,10,12,16,19H,3-6,9,11H2,1-2H3. The fourth-order valence-corrected chi connectivity index (χ4v) is 3.11. The second-order valence-corrected chi connectivity index (χ2v) is 5.63. The molecule has 0 amide bonds. The van der Waals surface area contributed by atoms with Gasteiger partial charge in [-0.1, -0.05) is 19.4 Å². The number of nitrogens with one attached hydrogen (secondary N) is 1. The van der Waals surface area contributed by atoms with Crippen molar-refractivity contribution in [3.8, 4) is 0 Å². The van der Waals surface area contributed by atoms with E-state index < -0.39 is 11.6 Å². The van der Waals surface area contributed by atoms with Gasteiger partial charge in [0.2, 0.25) is 0 Å². The third-order valence-corrected chi connectivity index (χ3v) is 4.14. The molecule has 4 heteroatoms. The summed E-state index contributed by atoms with van der Waals surface area (Å²) in [5.74, 6) is -1.53. The molecule has 1 heterocycles. The molecular weight excluding hydrogens is 258 g/mol. The molecule has 1 aliphatic rings. The van der Waals surface area contributed by atoms with E-state index >= 15 is 0 Å². The Balaban J connectivity index is 2.06. The van der Waals surface area contributed by atoms with E-state index in [1.54, 1.807) is 6.07 Å². The van der Waals surface area contributed by atoms with Crippen molar-refractivity contribution in [2.75, 3.05) is 13.1 Å². The van der Waals surface area contributed by atoms with Crippen molar-refractivity contribution in [1.82, 2.24) is 10.2 Å². The average Bonchev–Trinajstić information content (AvgIpc) is 2.44. The Morgan fingerprint density at radius 3 is 2.80 bits per heavy atom. The quantitative estimate of drug-likeness (QED) is 0.891. The molecule has 1 aromatic rings. The third kappa shape index (κ3) is 3.76. The number of benzene rings is 1. The van der Waals surface area contributed by atoms with Crippen LogP contribution in [0.1, 0.15) is 38.7 Å². The topological polar surface area (TPSA) is 15.3 Å². The van der Waals surface area contributed by atoms with Crippen molar-refractivity contribution in [1.29, 1.82) is 0 Å². The summed E-state index contributed by atoms with van der Waals surface area (Å²) in [6.07, 6.45) is 3.59. The molecule has 1 saturated heterocycles. The second-order valence-electron chi connectivity index (χ2n) is 5.63. The van der Waals surface area contributed by atoms with Crippen molar-refractivity contribution >= 4 is 0 Å². The monoisotopic (exact) mass is 282 g/mol. The van der Waals surface area contributed by atoms with Crippen molar-refractivity contribution < 1.29 is 8.78 Å². The van der Waals surface area contributed by atoms with Gasteiger partial charge in [-0.05, 0) is 50.6 Å². The fraction of sp³-hybridized carbons (Fsp3) is 0.625. The average molecular weight is 282 g/mol. The lowest BCUT2D eigenvalue weighted by atomic mass is 9.95. The Morgan fingerprint density at radius 1 is 1.30 bits per heavy atom. The smallest absolute Gasteiger partial charge is 0.159 e. The zero-order valence-corrected chi connectivity index (χ0v) is 12.3. The molecule has 2 unspecified atom stereocenters. The molecule has 0 aliphatic carbocycles. The summed E-state index contributed by atoms with van der Waals surface area (Å²) >= 11 is 0. The van der Waals surface area contributed by atoms with Gasteiger partial charge in [-0.15, -0.1) is 0 Å². The highest BCUT2D eigenvalue weighted by Gasteiger charge is 2.26. The van der Waals surface area contributed by atoms with Crippen LogP contribution in [-0.4, -0.2) is 30.1 Å². The lowest BCUT2D eigenvalue weighted by molar-refractivity contribution is 0.112. The van der Waals surface area contributed by atoms with E-state index in [-0.39, 0.29) is 0 Å². The van der Waals surface area contributed by atoms with Crippen LogP contribution in [0.15, 0.2) is 18.2 Å². The van der Waals surface area contributed by atoms with E-state index in [0.717, 1.165) is 25.1 Å². The largest absolute Gasteiger partial charge is 0.313 e. The predicted molar refractivity (Wildman–Crippen MR) is 77.5 cm³/mol. The van der Waals surface area contributed by atoms with Gasteiger partial charge in [0.1, 0.15) is 0 Å². The van der Waals surface area contributed by atoms with E-state index in [9.17, 15) is 8.78 Å². The summed E-state index contributed by atoms with van der Waals surface area (Å²) in [7, 11) is 0. The minimum Gasteiger partial charge on any atom is -0.313 e. The molecule has 0 saturated carbocycles. The summed E-state index contributed by atoms with van der Waals surface area (Å²) in [6, 6.07) is 5.11. The molecule has 1 fully saturated rings. The molecule has 0 spiro atoms. The first-order valence-electron chi connectivity index (χ1n) is 7.53. The number of hydrogen-bond donors (Lipinski definition) is 1. The Bertz CT molecular complexity index is 436. The first kappa shape index (κ1) is 15.4. The Morgan fingerprint density at radius 2 is 2.10 bits per heavy atom. The summed E-state index contributed by atoms with van der Waals surface area (Å²) in [5, 5.41) is 3.48. The highest BCUT2D eigenvalue weighted by atomic mass is 19.2. The van der Waals surface area contributed by atoms with Crippen molar-refractivity contribution in [2.24, 2.45) is 0 Å². The Hall–Kier alpha value is -1.00. The molecule has 2 atom stereocenters. The summed E-state index contributed by atoms with van der Waals surface area (Å²) in [4.78, 5) is 2.39. The maximum Gasteiger partial charge on any atom is 0.159 e. The van der Waals surface area contributed by atoms with Gasteiger partial charge in [-0.3, -0.25) is 4.90 Å². The highest BCUT2D eigenvalue weighted by Crippen LogP contribution is 2.22. The normalized spacial score (nSPS) is 21.9. The number of halogens is 2. The SMILES string of the molecule is CCNC(C)C1CCCCN1Cc1ccc(F)c(F)c1. The number of likely N-dealkylation sites (N-methyl/N-ethyl adjacent to an activating group) is 1. The molecule has 112 valence electrons. The van der Waals surface area contributed by atoms with Crippen LogP contribution >= 0.6 is 0 Å². The minimum absolute atomic E-state index is 0.422. The predicted octanol–water partition coefficient (Wildman–Crippen LogP) is 3.32. The van der Waals surface area contributed by atoms with Crippen molar-refractivity contribution in [2.45, 2.75) is 51.7 Å². The summed E-state index contributed by atoms with van der Waals surface area (Å²) < 4.78 is 26.3. The van der Waals surface area contributed by atoms with E-state index in [4.69, 9.17) is 0 Å². The van der Waals surface area contributed by atoms with E-state index in [0.29, 0.717) is 18.6 Å². The molecule has 2 nitrogen and oxygen atoms in total. The number of piperidine rings is 1. The first-order chi connectivity index (χ1) is 9.61. The van der Waals surface area contributed by atoms with Gasteiger partial charge in [-0.2, -0.15) is 0 Å². The lowest BCUT2D eigenvalue weighted by Crippen LogP contribution is -2.50. The van der Waals surface area contributed by atoms with Crippen LogP contribution in [0, 0.1) is 11.6 Å². The third-order valence-electron chi connectivity index (χ3n) is 4.14. The van der Waals surface area contributed by atoms with Crippen molar-refractivity contribution in [3.63, 3.8) is 0 Å². The van der Waals surface area contributed by atoms with Gasteiger partial charge < -0.3 is 5.32 Å². The molecule has 20 heavy (non-hydrogen) atoms. The van der Waals surface area contributed by atoms with Crippen LogP contribution in [0.4, 0.5) is 8.78 Å². The second kappa shape index (κ2) is 7.14. The van der Waals surface area contributed by atoms with Gasteiger partial charge in [-0.25, -0.2) is 8.78 Å². The van der Waals surface area contributed by atoms with Crippen LogP contribution < -0.4 is 5.32 Å². The zero-order valence-electron chi connectivity index (χ0n) is 12.3. The maximum absolute atomic E-state index is 13.3. The van der Waals surface area contributed by atoms with Gasteiger partial charge >= 0.3 is 0 Å². The molecule has 0 radical (unpaired) electrons. The minimum atomic E-state index is -0.773. The zero-order chi connectivity index (χ0) is 14.5. The molecule has 0 aromatic heterocycles. The van der Waals surface area contributed by atoms with Crippen LogP contribution in [-0.2, 0) is 6.54 Å². The number of likely N-dealkylation sites (tertiary alicyclic amines) is 1. The number of hydrogen-bond acceptors (Lipinski definition) is 2. The van der Waals surface area contributed by atoms with E-state index in [1.165, 1.54) is 25.0 Å². The summed E-state index contributed by atoms with van der Waals surface area (Å²) in [6.45, 7) is 6.99.